The van der Waals surface area contributed by atoms with Crippen molar-refractivity contribution >= 4 is 23.1 Å². The topological polar surface area (TPSA) is 54.2 Å². The van der Waals surface area contributed by atoms with E-state index >= 15 is 0 Å². The number of hydrogen-bond donors (Lipinski definition) is 2. The smallest absolute Gasteiger partial charge is 0.140 e. The molecule has 0 spiro atoms. The van der Waals surface area contributed by atoms with Crippen molar-refractivity contribution in [1.29, 1.82) is 0 Å². The van der Waals surface area contributed by atoms with Gasteiger partial charge < -0.3 is 10.3 Å². The standard InChI is InChI=1S/C15H17ClN4/c16-12-7-8-15(19-17)18-13(12)10-20-9-3-5-11-4-1-2-6-14(11)20/h1-2,4,6-8H,3,5,9-10,17H2,(H,18,19). The van der Waals surface area contributed by atoms with Gasteiger partial charge in [-0.3, -0.25) is 0 Å². The van der Waals surface area contributed by atoms with Gasteiger partial charge in [0.15, 0.2) is 0 Å². The van der Waals surface area contributed by atoms with Crippen molar-refractivity contribution in [3.8, 4) is 0 Å². The largest absolute Gasteiger partial charge is 0.365 e. The van der Waals surface area contributed by atoms with Crippen LogP contribution in [0.3, 0.4) is 0 Å². The highest BCUT2D eigenvalue weighted by Gasteiger charge is 2.18. The van der Waals surface area contributed by atoms with Crippen LogP contribution >= 0.6 is 11.6 Å². The quantitative estimate of drug-likeness (QED) is 0.673. The number of pyridine rings is 1. The van der Waals surface area contributed by atoms with E-state index in [1.807, 2.05) is 6.07 Å². The fourth-order valence-corrected chi connectivity index (χ4v) is 2.80. The average Bonchev–Trinajstić information content (AvgIpc) is 2.50. The zero-order valence-corrected chi connectivity index (χ0v) is 11.9. The molecule has 0 fully saturated rings. The molecule has 2 heterocycles. The van der Waals surface area contributed by atoms with Gasteiger partial charge in [0.2, 0.25) is 0 Å². The number of nitrogen functional groups attached to an aromatic ring is 1. The van der Waals surface area contributed by atoms with Crippen molar-refractivity contribution in [3.63, 3.8) is 0 Å². The molecule has 2 aromatic rings. The molecule has 5 heteroatoms. The second-order valence-corrected chi connectivity index (χ2v) is 5.33. The Bertz CT molecular complexity index is 615. The summed E-state index contributed by atoms with van der Waals surface area (Å²) in [5.74, 6) is 6.04. The Kier molecular flexibility index (Phi) is 3.76. The SMILES string of the molecule is NNc1ccc(Cl)c(CN2CCCc3ccccc32)n1. The lowest BCUT2D eigenvalue weighted by atomic mass is 10.0. The van der Waals surface area contributed by atoms with E-state index in [4.69, 9.17) is 17.4 Å². The van der Waals surface area contributed by atoms with Crippen LogP contribution in [0, 0.1) is 0 Å². The van der Waals surface area contributed by atoms with Gasteiger partial charge in [0.25, 0.3) is 0 Å². The summed E-state index contributed by atoms with van der Waals surface area (Å²) in [7, 11) is 0. The molecule has 0 unspecified atom stereocenters. The van der Waals surface area contributed by atoms with Crippen LogP contribution in [0.25, 0.3) is 0 Å². The molecule has 104 valence electrons. The second-order valence-electron chi connectivity index (χ2n) is 4.92. The van der Waals surface area contributed by atoms with E-state index in [1.54, 1.807) is 6.07 Å². The van der Waals surface area contributed by atoms with Crippen LogP contribution in [0.2, 0.25) is 5.02 Å². The van der Waals surface area contributed by atoms with Gasteiger partial charge in [-0.25, -0.2) is 10.8 Å². The van der Waals surface area contributed by atoms with Gasteiger partial charge in [-0.15, -0.1) is 0 Å². The number of hydrazine groups is 1. The normalized spacial score (nSPS) is 14.0. The molecule has 0 atom stereocenters. The molecule has 3 rings (SSSR count). The number of nitrogens with two attached hydrogens (primary N) is 1. The van der Waals surface area contributed by atoms with Crippen molar-refractivity contribution in [2.45, 2.75) is 19.4 Å². The lowest BCUT2D eigenvalue weighted by molar-refractivity contribution is 0.684. The number of rotatable bonds is 3. The minimum Gasteiger partial charge on any atom is -0.365 e. The van der Waals surface area contributed by atoms with E-state index in [1.165, 1.54) is 11.3 Å². The molecular formula is C15H17ClN4. The highest BCUT2D eigenvalue weighted by molar-refractivity contribution is 6.31. The van der Waals surface area contributed by atoms with E-state index in [-0.39, 0.29) is 0 Å². The summed E-state index contributed by atoms with van der Waals surface area (Å²) in [6, 6.07) is 12.1. The molecule has 3 N–H and O–H groups in total. The van der Waals surface area contributed by atoms with E-state index in [0.29, 0.717) is 17.4 Å². The summed E-state index contributed by atoms with van der Waals surface area (Å²) in [5, 5.41) is 0.673. The minimum absolute atomic E-state index is 0.634. The number of halogens is 1. The van der Waals surface area contributed by atoms with Crippen LogP contribution in [0.15, 0.2) is 36.4 Å². The Balaban J connectivity index is 1.89. The zero-order chi connectivity index (χ0) is 13.9. The molecule has 1 aliphatic heterocycles. The predicted molar refractivity (Wildman–Crippen MR) is 82.9 cm³/mol. The zero-order valence-electron chi connectivity index (χ0n) is 11.1. The Hall–Kier alpha value is -1.78. The number of fused-ring (bicyclic) bond motifs is 1. The van der Waals surface area contributed by atoms with Crippen LogP contribution in [0.1, 0.15) is 17.7 Å². The van der Waals surface area contributed by atoms with Crippen LogP contribution in [0.4, 0.5) is 11.5 Å². The highest BCUT2D eigenvalue weighted by Crippen LogP contribution is 2.29. The van der Waals surface area contributed by atoms with Crippen LogP contribution in [-0.2, 0) is 13.0 Å². The Morgan fingerprint density at radius 1 is 1.25 bits per heavy atom. The summed E-state index contributed by atoms with van der Waals surface area (Å²) in [6.07, 6.45) is 2.29. The third kappa shape index (κ3) is 2.57. The van der Waals surface area contributed by atoms with E-state index < -0.39 is 0 Å². The maximum absolute atomic E-state index is 6.24. The molecule has 0 saturated carbocycles. The van der Waals surface area contributed by atoms with E-state index in [9.17, 15) is 0 Å². The van der Waals surface area contributed by atoms with E-state index in [2.05, 4.69) is 39.6 Å². The third-order valence-corrected chi connectivity index (χ3v) is 3.96. The number of para-hydroxylation sites is 1. The Morgan fingerprint density at radius 3 is 2.95 bits per heavy atom. The molecule has 1 aromatic carbocycles. The molecule has 0 aliphatic carbocycles. The van der Waals surface area contributed by atoms with Crippen molar-refractivity contribution in [1.82, 2.24) is 4.98 Å². The first kappa shape index (κ1) is 13.2. The molecule has 0 radical (unpaired) electrons. The monoisotopic (exact) mass is 288 g/mol. The fraction of sp³-hybridized carbons (Fsp3) is 0.267. The number of aromatic nitrogens is 1. The Morgan fingerprint density at radius 2 is 2.10 bits per heavy atom. The number of nitrogens with one attached hydrogen (secondary N) is 1. The number of hydrogen-bond acceptors (Lipinski definition) is 4. The van der Waals surface area contributed by atoms with Gasteiger partial charge in [0, 0.05) is 12.2 Å². The molecule has 20 heavy (non-hydrogen) atoms. The maximum atomic E-state index is 6.24. The summed E-state index contributed by atoms with van der Waals surface area (Å²) >= 11 is 6.24. The van der Waals surface area contributed by atoms with Crippen molar-refractivity contribution in [3.05, 3.63) is 52.7 Å². The number of nitrogens with zero attached hydrogens (tertiary/aromatic N) is 2. The third-order valence-electron chi connectivity index (χ3n) is 3.61. The Labute approximate surface area is 123 Å². The van der Waals surface area contributed by atoms with Gasteiger partial charge in [0.05, 0.1) is 17.3 Å². The lowest BCUT2D eigenvalue weighted by Gasteiger charge is -2.31. The number of benzene rings is 1. The molecule has 0 amide bonds. The van der Waals surface area contributed by atoms with Gasteiger partial charge in [-0.2, -0.15) is 0 Å². The van der Waals surface area contributed by atoms with Crippen LogP contribution in [-0.4, -0.2) is 11.5 Å². The summed E-state index contributed by atoms with van der Waals surface area (Å²) in [6.45, 7) is 1.72. The van der Waals surface area contributed by atoms with Gasteiger partial charge in [0.1, 0.15) is 5.82 Å². The summed E-state index contributed by atoms with van der Waals surface area (Å²) in [4.78, 5) is 6.77. The number of anilines is 2. The molecule has 0 bridgehead atoms. The van der Waals surface area contributed by atoms with Crippen molar-refractivity contribution < 1.29 is 0 Å². The molecule has 0 saturated heterocycles. The van der Waals surface area contributed by atoms with Gasteiger partial charge in [-0.1, -0.05) is 29.8 Å². The first-order valence-electron chi connectivity index (χ1n) is 6.73. The molecule has 4 nitrogen and oxygen atoms in total. The van der Waals surface area contributed by atoms with Gasteiger partial charge in [-0.05, 0) is 36.6 Å². The van der Waals surface area contributed by atoms with Crippen molar-refractivity contribution in [2.24, 2.45) is 5.84 Å². The van der Waals surface area contributed by atoms with E-state index in [0.717, 1.165) is 25.1 Å². The number of aryl methyl sites for hydroxylation is 1. The molecular weight excluding hydrogens is 272 g/mol. The van der Waals surface area contributed by atoms with Crippen molar-refractivity contribution in [2.75, 3.05) is 16.9 Å². The maximum Gasteiger partial charge on any atom is 0.140 e. The molecule has 1 aliphatic rings. The summed E-state index contributed by atoms with van der Waals surface area (Å²) in [5.41, 5.74) is 6.08. The van der Waals surface area contributed by atoms with Gasteiger partial charge >= 0.3 is 0 Å². The second kappa shape index (κ2) is 5.69. The minimum atomic E-state index is 0.634. The predicted octanol–water partition coefficient (Wildman–Crippen LogP) is 2.97. The first-order chi connectivity index (χ1) is 9.78. The van der Waals surface area contributed by atoms with Crippen LogP contribution < -0.4 is 16.2 Å². The lowest BCUT2D eigenvalue weighted by Crippen LogP contribution is -2.29. The summed E-state index contributed by atoms with van der Waals surface area (Å²) < 4.78 is 0. The molecule has 1 aromatic heterocycles. The highest BCUT2D eigenvalue weighted by atomic mass is 35.5. The average molecular weight is 289 g/mol. The fourth-order valence-electron chi connectivity index (χ4n) is 2.63. The first-order valence-corrected chi connectivity index (χ1v) is 7.10. The van der Waals surface area contributed by atoms with Crippen LogP contribution in [0.5, 0.6) is 0 Å².